The number of amides is 1. The Morgan fingerprint density at radius 2 is 2.05 bits per heavy atom. The van der Waals surface area contributed by atoms with Gasteiger partial charge in [0.15, 0.2) is 0 Å². The van der Waals surface area contributed by atoms with E-state index in [1.54, 1.807) is 29.2 Å². The summed E-state index contributed by atoms with van der Waals surface area (Å²) in [5, 5.41) is 0.915. The van der Waals surface area contributed by atoms with E-state index in [1.807, 2.05) is 0 Å². The molecule has 5 nitrogen and oxygen atoms in total. The van der Waals surface area contributed by atoms with E-state index in [9.17, 15) is 4.79 Å². The molecule has 0 saturated carbocycles. The van der Waals surface area contributed by atoms with Crippen molar-refractivity contribution in [3.05, 3.63) is 46.3 Å². The van der Waals surface area contributed by atoms with Crippen LogP contribution < -0.4 is 5.73 Å². The molecular formula is C15H14Cl2N4O. The fourth-order valence-electron chi connectivity index (χ4n) is 2.42. The van der Waals surface area contributed by atoms with Crippen molar-refractivity contribution in [3.8, 4) is 11.3 Å². The molecule has 7 heteroatoms. The van der Waals surface area contributed by atoms with E-state index in [4.69, 9.17) is 28.9 Å². The molecular weight excluding hydrogens is 323 g/mol. The predicted octanol–water partition coefficient (Wildman–Crippen LogP) is 2.62. The van der Waals surface area contributed by atoms with Crippen molar-refractivity contribution in [1.82, 2.24) is 14.9 Å². The quantitative estimate of drug-likeness (QED) is 0.914. The Kier molecular flexibility index (Phi) is 4.29. The van der Waals surface area contributed by atoms with E-state index >= 15 is 0 Å². The first-order valence-corrected chi connectivity index (χ1v) is 7.62. The molecule has 0 aliphatic carbocycles. The fourth-order valence-corrected chi connectivity index (χ4v) is 2.72. The van der Waals surface area contributed by atoms with Gasteiger partial charge in [0.2, 0.25) is 0 Å². The largest absolute Gasteiger partial charge is 0.336 e. The van der Waals surface area contributed by atoms with Gasteiger partial charge < -0.3 is 10.6 Å². The average molecular weight is 337 g/mol. The van der Waals surface area contributed by atoms with Crippen LogP contribution in [0.1, 0.15) is 16.9 Å². The van der Waals surface area contributed by atoms with E-state index in [0.717, 1.165) is 12.0 Å². The smallest absolute Gasteiger partial charge is 0.272 e. The summed E-state index contributed by atoms with van der Waals surface area (Å²) in [6, 6.07) is 6.91. The van der Waals surface area contributed by atoms with E-state index < -0.39 is 0 Å². The number of carbonyl (C=O) groups excluding carboxylic acids is 1. The lowest BCUT2D eigenvalue weighted by Crippen LogP contribution is -2.32. The zero-order valence-corrected chi connectivity index (χ0v) is 13.2. The molecule has 1 atom stereocenters. The monoisotopic (exact) mass is 336 g/mol. The van der Waals surface area contributed by atoms with Gasteiger partial charge in [-0.1, -0.05) is 29.3 Å². The van der Waals surface area contributed by atoms with Crippen molar-refractivity contribution < 1.29 is 4.79 Å². The van der Waals surface area contributed by atoms with Crippen LogP contribution in [0.15, 0.2) is 30.6 Å². The molecule has 0 radical (unpaired) electrons. The number of likely N-dealkylation sites (tertiary alicyclic amines) is 1. The van der Waals surface area contributed by atoms with Gasteiger partial charge in [-0.3, -0.25) is 4.79 Å². The van der Waals surface area contributed by atoms with Crippen molar-refractivity contribution in [2.75, 3.05) is 13.1 Å². The maximum absolute atomic E-state index is 12.4. The molecule has 1 amide bonds. The third kappa shape index (κ3) is 3.06. The molecule has 1 fully saturated rings. The highest BCUT2D eigenvalue weighted by atomic mass is 35.5. The van der Waals surface area contributed by atoms with Gasteiger partial charge in [0.05, 0.1) is 15.7 Å². The lowest BCUT2D eigenvalue weighted by molar-refractivity contribution is 0.0785. The summed E-state index contributed by atoms with van der Waals surface area (Å²) in [6.45, 7) is 1.22. The second kappa shape index (κ2) is 6.20. The molecule has 0 spiro atoms. The maximum atomic E-state index is 12.4. The fraction of sp³-hybridized carbons (Fsp3) is 0.267. The normalized spacial score (nSPS) is 17.8. The van der Waals surface area contributed by atoms with Crippen LogP contribution in [0.25, 0.3) is 11.3 Å². The van der Waals surface area contributed by atoms with Crippen LogP contribution in [0.5, 0.6) is 0 Å². The molecule has 2 N–H and O–H groups in total. The summed E-state index contributed by atoms with van der Waals surface area (Å²) < 4.78 is 0. The Morgan fingerprint density at radius 1 is 1.23 bits per heavy atom. The Labute approximate surface area is 138 Å². The van der Waals surface area contributed by atoms with Gasteiger partial charge in [0, 0.05) is 24.7 Å². The number of carbonyl (C=O) groups is 1. The third-order valence-electron chi connectivity index (χ3n) is 3.61. The van der Waals surface area contributed by atoms with Crippen LogP contribution in [0.4, 0.5) is 0 Å². The lowest BCUT2D eigenvalue weighted by atomic mass is 10.1. The van der Waals surface area contributed by atoms with Crippen molar-refractivity contribution >= 4 is 29.1 Å². The highest BCUT2D eigenvalue weighted by molar-refractivity contribution is 6.42. The summed E-state index contributed by atoms with van der Waals surface area (Å²) in [7, 11) is 0. The van der Waals surface area contributed by atoms with Gasteiger partial charge in [-0.15, -0.1) is 0 Å². The molecule has 1 aromatic carbocycles. The summed E-state index contributed by atoms with van der Waals surface area (Å²) >= 11 is 11.9. The molecule has 1 saturated heterocycles. The maximum Gasteiger partial charge on any atom is 0.272 e. The Morgan fingerprint density at radius 3 is 2.73 bits per heavy atom. The third-order valence-corrected chi connectivity index (χ3v) is 4.35. The van der Waals surface area contributed by atoms with E-state index in [-0.39, 0.29) is 11.9 Å². The molecule has 1 aliphatic heterocycles. The molecule has 1 aliphatic rings. The van der Waals surface area contributed by atoms with E-state index in [0.29, 0.717) is 34.5 Å². The summed E-state index contributed by atoms with van der Waals surface area (Å²) in [6.07, 6.45) is 2.19. The molecule has 3 rings (SSSR count). The first kappa shape index (κ1) is 15.2. The van der Waals surface area contributed by atoms with Gasteiger partial charge in [-0.25, -0.2) is 9.97 Å². The minimum Gasteiger partial charge on any atom is -0.336 e. The Bertz CT molecular complexity index is 722. The van der Waals surface area contributed by atoms with E-state index in [1.165, 1.54) is 6.33 Å². The minimum absolute atomic E-state index is 0.0420. The second-order valence-corrected chi connectivity index (χ2v) is 6.03. The van der Waals surface area contributed by atoms with Crippen molar-refractivity contribution in [2.45, 2.75) is 12.5 Å². The number of hydrogen-bond donors (Lipinski definition) is 1. The van der Waals surface area contributed by atoms with Crippen LogP contribution in [-0.2, 0) is 0 Å². The van der Waals surface area contributed by atoms with Gasteiger partial charge in [-0.05, 0) is 24.6 Å². The lowest BCUT2D eigenvalue weighted by Gasteiger charge is -2.15. The van der Waals surface area contributed by atoms with Crippen LogP contribution in [0.3, 0.4) is 0 Å². The van der Waals surface area contributed by atoms with Crippen molar-refractivity contribution in [1.29, 1.82) is 0 Å². The summed E-state index contributed by atoms with van der Waals surface area (Å²) in [4.78, 5) is 22.4. The number of rotatable bonds is 2. The zero-order chi connectivity index (χ0) is 15.7. The first-order valence-electron chi connectivity index (χ1n) is 6.87. The van der Waals surface area contributed by atoms with Crippen molar-refractivity contribution in [2.24, 2.45) is 5.73 Å². The standard InChI is InChI=1S/C15H14Cl2N4O/c16-11-2-1-9(5-12(11)17)13-6-14(20-8-19-13)15(22)21-4-3-10(18)7-21/h1-2,5-6,8,10H,3-4,7,18H2. The molecule has 2 aromatic rings. The number of hydrogen-bond acceptors (Lipinski definition) is 4. The number of nitrogens with zero attached hydrogens (tertiary/aromatic N) is 3. The molecule has 22 heavy (non-hydrogen) atoms. The van der Waals surface area contributed by atoms with Crippen LogP contribution >= 0.6 is 23.2 Å². The zero-order valence-electron chi connectivity index (χ0n) is 11.7. The molecule has 0 bridgehead atoms. The number of nitrogens with two attached hydrogens (primary N) is 1. The van der Waals surface area contributed by atoms with Crippen LogP contribution in [0.2, 0.25) is 10.0 Å². The first-order chi connectivity index (χ1) is 10.5. The van der Waals surface area contributed by atoms with E-state index in [2.05, 4.69) is 9.97 Å². The predicted molar refractivity (Wildman–Crippen MR) is 86.0 cm³/mol. The number of aromatic nitrogens is 2. The SMILES string of the molecule is NC1CCN(C(=O)c2cc(-c3ccc(Cl)c(Cl)c3)ncn2)C1. The molecule has 1 aromatic heterocycles. The minimum atomic E-state index is -0.128. The van der Waals surface area contributed by atoms with Gasteiger partial charge in [0.25, 0.3) is 5.91 Å². The molecule has 1 unspecified atom stereocenters. The van der Waals surface area contributed by atoms with Crippen molar-refractivity contribution in [3.63, 3.8) is 0 Å². The number of halogens is 2. The van der Waals surface area contributed by atoms with Gasteiger partial charge in [0.1, 0.15) is 12.0 Å². The summed E-state index contributed by atoms with van der Waals surface area (Å²) in [5.41, 5.74) is 7.60. The summed E-state index contributed by atoms with van der Waals surface area (Å²) in [5.74, 6) is -0.128. The van der Waals surface area contributed by atoms with Crippen LogP contribution in [0, 0.1) is 0 Å². The Hall–Kier alpha value is -1.69. The van der Waals surface area contributed by atoms with Gasteiger partial charge >= 0.3 is 0 Å². The topological polar surface area (TPSA) is 72.1 Å². The van der Waals surface area contributed by atoms with Crippen LogP contribution in [-0.4, -0.2) is 39.9 Å². The Balaban J connectivity index is 1.89. The second-order valence-electron chi connectivity index (χ2n) is 5.22. The highest BCUT2D eigenvalue weighted by Crippen LogP contribution is 2.27. The average Bonchev–Trinajstić information content (AvgIpc) is 2.96. The molecule has 2 heterocycles. The van der Waals surface area contributed by atoms with Gasteiger partial charge in [-0.2, -0.15) is 0 Å². The molecule has 114 valence electrons. The highest BCUT2D eigenvalue weighted by Gasteiger charge is 2.25. The number of benzene rings is 1.